The summed E-state index contributed by atoms with van der Waals surface area (Å²) in [6.07, 6.45) is 0. The normalized spacial score (nSPS) is 10.4. The summed E-state index contributed by atoms with van der Waals surface area (Å²) in [6.45, 7) is 6.26. The van der Waals surface area contributed by atoms with Crippen molar-refractivity contribution in [2.75, 3.05) is 13.2 Å². The summed E-state index contributed by atoms with van der Waals surface area (Å²) in [6, 6.07) is 13.3. The van der Waals surface area contributed by atoms with Gasteiger partial charge in [-0.3, -0.25) is 0 Å². The van der Waals surface area contributed by atoms with Crippen LogP contribution in [0.5, 0.6) is 17.2 Å². The Balaban J connectivity index is 2.23. The SMILES string of the molecule is CCNCc1cccc(Cl)c1Oc1cccc(OCC)c1. The van der Waals surface area contributed by atoms with Crippen LogP contribution in [0, 0.1) is 0 Å². The van der Waals surface area contributed by atoms with Crippen molar-refractivity contribution in [1.29, 1.82) is 0 Å². The van der Waals surface area contributed by atoms with Gasteiger partial charge in [-0.1, -0.05) is 36.7 Å². The van der Waals surface area contributed by atoms with E-state index in [4.69, 9.17) is 21.1 Å². The highest BCUT2D eigenvalue weighted by Crippen LogP contribution is 2.34. The third-order valence-electron chi connectivity index (χ3n) is 2.95. The summed E-state index contributed by atoms with van der Waals surface area (Å²) >= 11 is 6.28. The summed E-state index contributed by atoms with van der Waals surface area (Å²) in [7, 11) is 0. The third-order valence-corrected chi connectivity index (χ3v) is 3.25. The van der Waals surface area contributed by atoms with Crippen LogP contribution in [0.25, 0.3) is 0 Å². The number of rotatable bonds is 7. The zero-order valence-electron chi connectivity index (χ0n) is 12.4. The van der Waals surface area contributed by atoms with Gasteiger partial charge in [0.05, 0.1) is 11.6 Å². The van der Waals surface area contributed by atoms with Gasteiger partial charge < -0.3 is 14.8 Å². The van der Waals surface area contributed by atoms with Crippen LogP contribution in [0.4, 0.5) is 0 Å². The predicted molar refractivity (Wildman–Crippen MR) is 86.5 cm³/mol. The molecule has 21 heavy (non-hydrogen) atoms. The molecule has 0 heterocycles. The molecule has 0 aliphatic rings. The molecule has 0 bridgehead atoms. The van der Waals surface area contributed by atoms with Crippen LogP contribution in [-0.2, 0) is 6.54 Å². The average Bonchev–Trinajstić information content (AvgIpc) is 2.49. The molecule has 0 unspecified atom stereocenters. The van der Waals surface area contributed by atoms with E-state index in [2.05, 4.69) is 12.2 Å². The largest absolute Gasteiger partial charge is 0.494 e. The second-order valence-electron chi connectivity index (χ2n) is 4.52. The van der Waals surface area contributed by atoms with Crippen molar-refractivity contribution in [2.24, 2.45) is 0 Å². The lowest BCUT2D eigenvalue weighted by molar-refractivity contribution is 0.338. The molecule has 0 atom stereocenters. The standard InChI is InChI=1S/C17H20ClNO2/c1-3-19-12-13-7-5-10-16(18)17(13)21-15-9-6-8-14(11-15)20-4-2/h5-11,19H,3-4,12H2,1-2H3. The summed E-state index contributed by atoms with van der Waals surface area (Å²) in [5.41, 5.74) is 1.03. The Morgan fingerprint density at radius 3 is 2.57 bits per heavy atom. The minimum Gasteiger partial charge on any atom is -0.494 e. The zero-order chi connectivity index (χ0) is 15.1. The van der Waals surface area contributed by atoms with Crippen molar-refractivity contribution in [3.8, 4) is 17.2 Å². The summed E-state index contributed by atoms with van der Waals surface area (Å²) in [5, 5.41) is 3.89. The van der Waals surface area contributed by atoms with Crippen LogP contribution in [0.1, 0.15) is 19.4 Å². The van der Waals surface area contributed by atoms with Crippen molar-refractivity contribution in [2.45, 2.75) is 20.4 Å². The minimum absolute atomic E-state index is 0.604. The molecule has 0 spiro atoms. The molecule has 4 heteroatoms. The fourth-order valence-corrected chi connectivity index (χ4v) is 2.21. The van der Waals surface area contributed by atoms with E-state index in [1.165, 1.54) is 0 Å². The van der Waals surface area contributed by atoms with Gasteiger partial charge in [-0.05, 0) is 31.7 Å². The number of nitrogens with one attached hydrogen (secondary N) is 1. The summed E-state index contributed by atoms with van der Waals surface area (Å²) in [4.78, 5) is 0. The first kappa shape index (κ1) is 15.7. The minimum atomic E-state index is 0.604. The van der Waals surface area contributed by atoms with E-state index in [1.807, 2.05) is 49.4 Å². The van der Waals surface area contributed by atoms with E-state index >= 15 is 0 Å². The van der Waals surface area contributed by atoms with Gasteiger partial charge in [0.15, 0.2) is 0 Å². The third kappa shape index (κ3) is 4.38. The zero-order valence-corrected chi connectivity index (χ0v) is 13.1. The molecule has 1 N–H and O–H groups in total. The number of hydrogen-bond donors (Lipinski definition) is 1. The molecule has 2 aromatic rings. The molecular weight excluding hydrogens is 286 g/mol. The van der Waals surface area contributed by atoms with Crippen LogP contribution >= 0.6 is 11.6 Å². The fourth-order valence-electron chi connectivity index (χ4n) is 1.98. The van der Waals surface area contributed by atoms with Crippen LogP contribution in [-0.4, -0.2) is 13.2 Å². The van der Waals surface area contributed by atoms with Crippen molar-refractivity contribution in [3.63, 3.8) is 0 Å². The highest BCUT2D eigenvalue weighted by molar-refractivity contribution is 6.32. The van der Waals surface area contributed by atoms with Crippen LogP contribution in [0.3, 0.4) is 0 Å². The molecule has 0 saturated heterocycles. The highest BCUT2D eigenvalue weighted by Gasteiger charge is 2.10. The maximum absolute atomic E-state index is 6.28. The molecule has 0 aliphatic heterocycles. The van der Waals surface area contributed by atoms with Crippen LogP contribution in [0.15, 0.2) is 42.5 Å². The molecule has 2 rings (SSSR count). The number of benzene rings is 2. The Hall–Kier alpha value is -1.71. The van der Waals surface area contributed by atoms with Crippen molar-refractivity contribution in [1.82, 2.24) is 5.32 Å². The van der Waals surface area contributed by atoms with Crippen LogP contribution in [0.2, 0.25) is 5.02 Å². The van der Waals surface area contributed by atoms with Gasteiger partial charge in [0.25, 0.3) is 0 Å². The quantitative estimate of drug-likeness (QED) is 0.808. The molecule has 3 nitrogen and oxygen atoms in total. The van der Waals surface area contributed by atoms with Crippen molar-refractivity contribution >= 4 is 11.6 Å². The Labute approximate surface area is 130 Å². The monoisotopic (exact) mass is 305 g/mol. The Morgan fingerprint density at radius 1 is 1.05 bits per heavy atom. The number of ether oxygens (including phenoxy) is 2. The van der Waals surface area contributed by atoms with E-state index in [1.54, 1.807) is 0 Å². The highest BCUT2D eigenvalue weighted by atomic mass is 35.5. The van der Waals surface area contributed by atoms with Gasteiger partial charge >= 0.3 is 0 Å². The van der Waals surface area contributed by atoms with Crippen LogP contribution < -0.4 is 14.8 Å². The first-order valence-corrected chi connectivity index (χ1v) is 7.51. The average molecular weight is 306 g/mol. The van der Waals surface area contributed by atoms with Gasteiger partial charge in [0.2, 0.25) is 0 Å². The van der Waals surface area contributed by atoms with Crippen molar-refractivity contribution in [3.05, 3.63) is 53.1 Å². The second-order valence-corrected chi connectivity index (χ2v) is 4.93. The predicted octanol–water partition coefficient (Wildman–Crippen LogP) is 4.64. The van der Waals surface area contributed by atoms with Gasteiger partial charge in [-0.2, -0.15) is 0 Å². The molecule has 0 saturated carbocycles. The second kappa shape index (κ2) is 7.91. The van der Waals surface area contributed by atoms with E-state index < -0.39 is 0 Å². The lowest BCUT2D eigenvalue weighted by atomic mass is 10.2. The first-order chi connectivity index (χ1) is 10.2. The Bertz CT molecular complexity index is 587. The summed E-state index contributed by atoms with van der Waals surface area (Å²) < 4.78 is 11.5. The fraction of sp³-hybridized carbons (Fsp3) is 0.294. The lowest BCUT2D eigenvalue weighted by Gasteiger charge is -2.14. The molecule has 0 fully saturated rings. The number of hydrogen-bond acceptors (Lipinski definition) is 3. The lowest BCUT2D eigenvalue weighted by Crippen LogP contribution is -2.12. The Kier molecular flexibility index (Phi) is 5.90. The van der Waals surface area contributed by atoms with Crippen molar-refractivity contribution < 1.29 is 9.47 Å². The molecule has 0 amide bonds. The first-order valence-electron chi connectivity index (χ1n) is 7.13. The molecule has 2 aromatic carbocycles. The van der Waals surface area contributed by atoms with E-state index in [-0.39, 0.29) is 0 Å². The van der Waals surface area contributed by atoms with E-state index in [9.17, 15) is 0 Å². The molecule has 0 aromatic heterocycles. The van der Waals surface area contributed by atoms with Gasteiger partial charge in [-0.25, -0.2) is 0 Å². The maximum atomic E-state index is 6.28. The number of halogens is 1. The van der Waals surface area contributed by atoms with E-state index in [0.29, 0.717) is 23.1 Å². The molecule has 112 valence electrons. The number of para-hydroxylation sites is 1. The molecule has 0 radical (unpaired) electrons. The summed E-state index contributed by atoms with van der Waals surface area (Å²) in [5.74, 6) is 2.19. The van der Waals surface area contributed by atoms with E-state index in [0.717, 1.165) is 24.4 Å². The molecular formula is C17H20ClNO2. The smallest absolute Gasteiger partial charge is 0.150 e. The topological polar surface area (TPSA) is 30.5 Å². The van der Waals surface area contributed by atoms with Gasteiger partial charge in [-0.15, -0.1) is 0 Å². The Morgan fingerprint density at radius 2 is 1.81 bits per heavy atom. The van der Waals surface area contributed by atoms with Gasteiger partial charge in [0.1, 0.15) is 17.2 Å². The maximum Gasteiger partial charge on any atom is 0.150 e. The van der Waals surface area contributed by atoms with Gasteiger partial charge in [0, 0.05) is 18.2 Å². The molecule has 0 aliphatic carbocycles.